The van der Waals surface area contributed by atoms with E-state index in [1.54, 1.807) is 0 Å². The highest BCUT2D eigenvalue weighted by Crippen LogP contribution is 2.34. The van der Waals surface area contributed by atoms with Gasteiger partial charge in [-0.3, -0.25) is 4.79 Å². The third-order valence-electron chi connectivity index (χ3n) is 2.93. The molecule has 1 heterocycles. The molecule has 0 aromatic heterocycles. The van der Waals surface area contributed by atoms with Crippen LogP contribution in [0, 0.1) is 0 Å². The van der Waals surface area contributed by atoms with Gasteiger partial charge in [-0.2, -0.15) is 8.42 Å². The molecule has 4 nitrogen and oxygen atoms in total. The monoisotopic (exact) mass is 266 g/mol. The lowest BCUT2D eigenvalue weighted by Gasteiger charge is -2.26. The molecule has 0 saturated heterocycles. The van der Waals surface area contributed by atoms with Gasteiger partial charge in [0, 0.05) is 11.5 Å². The molecule has 0 aliphatic carbocycles. The summed E-state index contributed by atoms with van der Waals surface area (Å²) in [5.74, 6) is -0.607. The molecule has 96 valence electrons. The van der Waals surface area contributed by atoms with Gasteiger partial charge in [0.1, 0.15) is 5.76 Å². The summed E-state index contributed by atoms with van der Waals surface area (Å²) in [6.45, 7) is 2.94. The van der Waals surface area contributed by atoms with Crippen LogP contribution in [0.4, 0.5) is 0 Å². The molecule has 1 aromatic rings. The zero-order valence-corrected chi connectivity index (χ0v) is 11.0. The van der Waals surface area contributed by atoms with E-state index in [0.717, 1.165) is 5.56 Å². The average molecular weight is 266 g/mol. The number of Topliss-reactive ketones (excluding diaryl/α,β-unsaturated/α-hetero) is 1. The van der Waals surface area contributed by atoms with Crippen molar-refractivity contribution < 1.29 is 17.4 Å². The Labute approximate surface area is 106 Å². The van der Waals surface area contributed by atoms with Crippen molar-refractivity contribution in [2.75, 3.05) is 5.75 Å². The van der Waals surface area contributed by atoms with Crippen LogP contribution in [0.25, 0.3) is 0 Å². The normalized spacial score (nSPS) is 22.4. The minimum atomic E-state index is -3.61. The third-order valence-corrected chi connectivity index (χ3v) is 4.18. The second-order valence-corrected chi connectivity index (χ2v) is 5.91. The second kappa shape index (κ2) is 4.57. The molecule has 18 heavy (non-hydrogen) atoms. The fourth-order valence-corrected chi connectivity index (χ4v) is 3.55. The van der Waals surface area contributed by atoms with E-state index in [4.69, 9.17) is 4.18 Å². The van der Waals surface area contributed by atoms with E-state index >= 15 is 0 Å². The summed E-state index contributed by atoms with van der Waals surface area (Å²) in [7, 11) is -3.61. The molecule has 0 spiro atoms. The highest BCUT2D eigenvalue weighted by Gasteiger charge is 2.34. The van der Waals surface area contributed by atoms with E-state index in [2.05, 4.69) is 0 Å². The van der Waals surface area contributed by atoms with Crippen LogP contribution in [0.1, 0.15) is 25.3 Å². The maximum absolute atomic E-state index is 11.7. The lowest BCUT2D eigenvalue weighted by Crippen LogP contribution is -2.27. The van der Waals surface area contributed by atoms with E-state index in [-0.39, 0.29) is 17.3 Å². The summed E-state index contributed by atoms with van der Waals surface area (Å²) < 4.78 is 28.1. The molecule has 0 amide bonds. The van der Waals surface area contributed by atoms with E-state index < -0.39 is 16.0 Å². The van der Waals surface area contributed by atoms with Gasteiger partial charge >= 0.3 is 10.1 Å². The highest BCUT2D eigenvalue weighted by molar-refractivity contribution is 7.86. The largest absolute Gasteiger partial charge is 0.387 e. The Morgan fingerprint density at radius 3 is 2.44 bits per heavy atom. The second-order valence-electron chi connectivity index (χ2n) is 4.30. The summed E-state index contributed by atoms with van der Waals surface area (Å²) in [6.07, 6.45) is 0. The molecule has 1 unspecified atom stereocenters. The van der Waals surface area contributed by atoms with Gasteiger partial charge in [0.15, 0.2) is 5.78 Å². The Morgan fingerprint density at radius 2 is 1.89 bits per heavy atom. The van der Waals surface area contributed by atoms with Crippen LogP contribution in [0.5, 0.6) is 0 Å². The highest BCUT2D eigenvalue weighted by atomic mass is 32.2. The lowest BCUT2D eigenvalue weighted by molar-refractivity contribution is -0.114. The molecule has 2 rings (SSSR count). The Bertz CT molecular complexity index is 599. The van der Waals surface area contributed by atoms with Gasteiger partial charge in [-0.25, -0.2) is 0 Å². The van der Waals surface area contributed by atoms with Crippen molar-refractivity contribution in [3.8, 4) is 0 Å². The molecular formula is C13H14O4S. The third kappa shape index (κ3) is 2.46. The van der Waals surface area contributed by atoms with Crippen molar-refractivity contribution in [2.45, 2.75) is 19.8 Å². The predicted molar refractivity (Wildman–Crippen MR) is 67.4 cm³/mol. The minimum Gasteiger partial charge on any atom is -0.387 e. The molecular weight excluding hydrogens is 252 g/mol. The Hall–Kier alpha value is -1.62. The van der Waals surface area contributed by atoms with E-state index in [1.807, 2.05) is 30.3 Å². The number of ketones is 1. The Balaban J connectivity index is 2.56. The standard InChI is InChI=1S/C13H14O4S/c1-9(14)13-10(2)17-18(15,16)8-12(13)11-6-4-3-5-7-11/h3-7,12H,8H2,1-2H3. The first-order chi connectivity index (χ1) is 8.41. The average Bonchev–Trinajstić information content (AvgIpc) is 2.27. The van der Waals surface area contributed by atoms with Crippen LogP contribution in [-0.2, 0) is 19.1 Å². The van der Waals surface area contributed by atoms with Crippen molar-refractivity contribution in [1.82, 2.24) is 0 Å². The van der Waals surface area contributed by atoms with Crippen LogP contribution >= 0.6 is 0 Å². The molecule has 1 atom stereocenters. The number of hydrogen-bond acceptors (Lipinski definition) is 4. The van der Waals surface area contributed by atoms with Crippen molar-refractivity contribution in [3.05, 3.63) is 47.2 Å². The lowest BCUT2D eigenvalue weighted by atomic mass is 9.89. The van der Waals surface area contributed by atoms with Gasteiger partial charge in [-0.05, 0) is 19.4 Å². The Morgan fingerprint density at radius 1 is 1.28 bits per heavy atom. The Kier molecular flexibility index (Phi) is 3.26. The zero-order valence-electron chi connectivity index (χ0n) is 10.2. The number of allylic oxidation sites excluding steroid dienone is 2. The number of rotatable bonds is 2. The van der Waals surface area contributed by atoms with Gasteiger partial charge in [0.05, 0.1) is 5.75 Å². The summed E-state index contributed by atoms with van der Waals surface area (Å²) in [5.41, 5.74) is 1.25. The van der Waals surface area contributed by atoms with Crippen molar-refractivity contribution >= 4 is 15.9 Å². The SMILES string of the molecule is CC(=O)C1=C(C)OS(=O)(=O)CC1c1ccccc1. The van der Waals surface area contributed by atoms with Crippen LogP contribution in [0.2, 0.25) is 0 Å². The molecule has 1 aliphatic rings. The molecule has 0 radical (unpaired) electrons. The van der Waals surface area contributed by atoms with Crippen LogP contribution in [0.3, 0.4) is 0 Å². The van der Waals surface area contributed by atoms with Gasteiger partial charge in [-0.1, -0.05) is 30.3 Å². The predicted octanol–water partition coefficient (Wildman–Crippen LogP) is 1.99. The first-order valence-electron chi connectivity index (χ1n) is 5.59. The molecule has 0 bridgehead atoms. The minimum absolute atomic E-state index is 0.156. The molecule has 0 N–H and O–H groups in total. The van der Waals surface area contributed by atoms with Crippen molar-refractivity contribution in [2.24, 2.45) is 0 Å². The van der Waals surface area contributed by atoms with E-state index in [1.165, 1.54) is 13.8 Å². The molecule has 1 aromatic carbocycles. The quantitative estimate of drug-likeness (QED) is 0.768. The van der Waals surface area contributed by atoms with Crippen LogP contribution in [0.15, 0.2) is 41.7 Å². The number of carbonyl (C=O) groups is 1. The van der Waals surface area contributed by atoms with Gasteiger partial charge in [0.25, 0.3) is 0 Å². The first kappa shape index (κ1) is 12.8. The van der Waals surface area contributed by atoms with Gasteiger partial charge in [-0.15, -0.1) is 0 Å². The molecule has 5 heteroatoms. The van der Waals surface area contributed by atoms with Crippen molar-refractivity contribution in [3.63, 3.8) is 0 Å². The maximum atomic E-state index is 11.7. The first-order valence-corrected chi connectivity index (χ1v) is 7.17. The van der Waals surface area contributed by atoms with E-state index in [9.17, 15) is 13.2 Å². The molecule has 0 saturated carbocycles. The fraction of sp³-hybridized carbons (Fsp3) is 0.308. The number of hydrogen-bond donors (Lipinski definition) is 0. The van der Waals surface area contributed by atoms with Gasteiger partial charge < -0.3 is 4.18 Å². The molecule has 0 fully saturated rings. The van der Waals surface area contributed by atoms with Crippen LogP contribution < -0.4 is 0 Å². The fourth-order valence-electron chi connectivity index (χ4n) is 2.24. The smallest absolute Gasteiger partial charge is 0.309 e. The van der Waals surface area contributed by atoms with Gasteiger partial charge in [0.2, 0.25) is 0 Å². The summed E-state index contributed by atoms with van der Waals surface area (Å²) >= 11 is 0. The summed E-state index contributed by atoms with van der Waals surface area (Å²) in [6, 6.07) is 9.14. The van der Waals surface area contributed by atoms with Crippen LogP contribution in [-0.4, -0.2) is 20.0 Å². The molecule has 1 aliphatic heterocycles. The van der Waals surface area contributed by atoms with Crippen molar-refractivity contribution in [1.29, 1.82) is 0 Å². The summed E-state index contributed by atoms with van der Waals surface area (Å²) in [5, 5.41) is 0. The van der Waals surface area contributed by atoms with E-state index in [0.29, 0.717) is 5.57 Å². The summed E-state index contributed by atoms with van der Waals surface area (Å²) in [4.78, 5) is 11.7. The number of benzene rings is 1. The maximum Gasteiger partial charge on any atom is 0.309 e. The number of carbonyl (C=O) groups excluding carboxylic acids is 1. The zero-order chi connectivity index (χ0) is 13.3. The topological polar surface area (TPSA) is 60.4 Å².